The minimum Gasteiger partial charge on any atom is -0.352 e. The molecule has 1 aliphatic heterocycles. The van der Waals surface area contributed by atoms with Crippen molar-refractivity contribution in [1.82, 2.24) is 14.9 Å². The third-order valence-corrected chi connectivity index (χ3v) is 3.52. The lowest BCUT2D eigenvalue weighted by atomic mass is 10.2. The topological polar surface area (TPSA) is 32.3 Å². The van der Waals surface area contributed by atoms with Crippen LogP contribution < -0.4 is 4.90 Å². The van der Waals surface area contributed by atoms with E-state index >= 15 is 0 Å². The van der Waals surface area contributed by atoms with Crippen LogP contribution in [0.1, 0.15) is 26.5 Å². The van der Waals surface area contributed by atoms with Gasteiger partial charge < -0.3 is 4.90 Å². The second-order valence-corrected chi connectivity index (χ2v) is 4.93. The van der Waals surface area contributed by atoms with Crippen molar-refractivity contribution in [2.45, 2.75) is 33.2 Å². The highest BCUT2D eigenvalue weighted by Gasteiger charge is 2.22. The summed E-state index contributed by atoms with van der Waals surface area (Å²) in [5, 5.41) is 0. The van der Waals surface area contributed by atoms with Gasteiger partial charge in [-0.1, -0.05) is 6.92 Å². The normalized spacial score (nSPS) is 17.5. The summed E-state index contributed by atoms with van der Waals surface area (Å²) in [5.74, 6) is 0.211. The number of aromatic nitrogens is 2. The van der Waals surface area contributed by atoms with Crippen LogP contribution in [0.4, 0.5) is 10.2 Å². The average Bonchev–Trinajstić information content (AvgIpc) is 2.39. The number of hydrogen-bond donors (Lipinski definition) is 0. The van der Waals surface area contributed by atoms with Crippen LogP contribution in [0.3, 0.4) is 0 Å². The molecule has 5 heteroatoms. The predicted molar refractivity (Wildman–Crippen MR) is 70.3 cm³/mol. The first-order valence-electron chi connectivity index (χ1n) is 6.61. The fourth-order valence-corrected chi connectivity index (χ4v) is 2.31. The van der Waals surface area contributed by atoms with E-state index in [1.165, 1.54) is 6.33 Å². The highest BCUT2D eigenvalue weighted by atomic mass is 19.1. The van der Waals surface area contributed by atoms with Gasteiger partial charge in [-0.2, -0.15) is 0 Å². The van der Waals surface area contributed by atoms with Gasteiger partial charge in [0.15, 0.2) is 11.6 Å². The van der Waals surface area contributed by atoms with Crippen molar-refractivity contribution < 1.29 is 4.39 Å². The van der Waals surface area contributed by atoms with Crippen LogP contribution in [0.25, 0.3) is 0 Å². The molecule has 0 aliphatic carbocycles. The van der Waals surface area contributed by atoms with Gasteiger partial charge in [0.1, 0.15) is 6.33 Å². The van der Waals surface area contributed by atoms with Gasteiger partial charge in [0.25, 0.3) is 0 Å². The molecule has 0 spiro atoms. The molecule has 2 rings (SSSR count). The van der Waals surface area contributed by atoms with Crippen molar-refractivity contribution in [2.24, 2.45) is 0 Å². The zero-order valence-electron chi connectivity index (χ0n) is 11.4. The fourth-order valence-electron chi connectivity index (χ4n) is 2.31. The maximum absolute atomic E-state index is 14.1. The first kappa shape index (κ1) is 13.2. The maximum Gasteiger partial charge on any atom is 0.187 e. The van der Waals surface area contributed by atoms with E-state index in [-0.39, 0.29) is 5.82 Å². The summed E-state index contributed by atoms with van der Waals surface area (Å²) in [6.45, 7) is 9.87. The minimum atomic E-state index is -0.252. The highest BCUT2D eigenvalue weighted by molar-refractivity contribution is 5.41. The molecule has 0 amide bonds. The van der Waals surface area contributed by atoms with E-state index in [0.717, 1.165) is 26.2 Å². The molecular formula is C13H21FN4. The molecule has 2 heterocycles. The quantitative estimate of drug-likeness (QED) is 0.820. The first-order valence-corrected chi connectivity index (χ1v) is 6.61. The Kier molecular flexibility index (Phi) is 4.11. The molecule has 0 N–H and O–H groups in total. The summed E-state index contributed by atoms with van der Waals surface area (Å²) in [6, 6.07) is 0.550. The fraction of sp³-hybridized carbons (Fsp3) is 0.692. The Hall–Kier alpha value is -1.23. The lowest BCUT2D eigenvalue weighted by Gasteiger charge is -2.37. The smallest absolute Gasteiger partial charge is 0.187 e. The van der Waals surface area contributed by atoms with Crippen LogP contribution in [0.5, 0.6) is 0 Å². The van der Waals surface area contributed by atoms with Gasteiger partial charge in [-0.3, -0.25) is 4.90 Å². The lowest BCUT2D eigenvalue weighted by Crippen LogP contribution is -2.49. The van der Waals surface area contributed by atoms with Crippen molar-refractivity contribution in [3.63, 3.8) is 0 Å². The summed E-state index contributed by atoms with van der Waals surface area (Å²) >= 11 is 0. The monoisotopic (exact) mass is 252 g/mol. The average molecular weight is 252 g/mol. The second-order valence-electron chi connectivity index (χ2n) is 4.93. The number of halogens is 1. The van der Waals surface area contributed by atoms with Gasteiger partial charge in [0, 0.05) is 32.2 Å². The molecule has 100 valence electrons. The molecule has 0 aromatic carbocycles. The van der Waals surface area contributed by atoms with E-state index < -0.39 is 0 Å². The summed E-state index contributed by atoms with van der Waals surface area (Å²) in [7, 11) is 0. The minimum absolute atomic E-state index is 0.252. The van der Waals surface area contributed by atoms with Gasteiger partial charge in [0.05, 0.1) is 5.69 Å². The molecule has 1 aromatic rings. The number of hydrogen-bond acceptors (Lipinski definition) is 4. The van der Waals surface area contributed by atoms with Crippen LogP contribution in [0.15, 0.2) is 6.33 Å². The van der Waals surface area contributed by atoms with Gasteiger partial charge in [-0.15, -0.1) is 0 Å². The standard InChI is InChI=1S/C13H21FN4/c1-4-11-12(14)13(16-9-15-11)18-7-5-17(6-8-18)10(2)3/h9-10H,4-8H2,1-3H3. The molecule has 1 saturated heterocycles. The molecule has 1 aliphatic rings. The highest BCUT2D eigenvalue weighted by Crippen LogP contribution is 2.20. The molecule has 0 bridgehead atoms. The Morgan fingerprint density at radius 2 is 1.89 bits per heavy atom. The van der Waals surface area contributed by atoms with Crippen molar-refractivity contribution in [2.75, 3.05) is 31.1 Å². The van der Waals surface area contributed by atoms with Gasteiger partial charge in [0.2, 0.25) is 0 Å². The second kappa shape index (κ2) is 5.61. The van der Waals surface area contributed by atoms with E-state index in [1.54, 1.807) is 0 Å². The van der Waals surface area contributed by atoms with Gasteiger partial charge >= 0.3 is 0 Å². The number of anilines is 1. The van der Waals surface area contributed by atoms with Crippen molar-refractivity contribution in [3.05, 3.63) is 17.8 Å². The molecule has 0 radical (unpaired) electrons. The van der Waals surface area contributed by atoms with Crippen LogP contribution in [-0.4, -0.2) is 47.1 Å². The molecule has 0 atom stereocenters. The van der Waals surface area contributed by atoms with Gasteiger partial charge in [-0.25, -0.2) is 14.4 Å². The number of piperazine rings is 1. The van der Waals surface area contributed by atoms with Crippen molar-refractivity contribution in [3.8, 4) is 0 Å². The van der Waals surface area contributed by atoms with Crippen LogP contribution in [-0.2, 0) is 6.42 Å². The zero-order chi connectivity index (χ0) is 13.1. The summed E-state index contributed by atoms with van der Waals surface area (Å²) in [4.78, 5) is 12.5. The lowest BCUT2D eigenvalue weighted by molar-refractivity contribution is 0.208. The van der Waals surface area contributed by atoms with E-state index in [1.807, 2.05) is 11.8 Å². The van der Waals surface area contributed by atoms with Crippen LogP contribution in [0, 0.1) is 5.82 Å². The Labute approximate surface area is 108 Å². The maximum atomic E-state index is 14.1. The Bertz CT molecular complexity index is 400. The molecule has 1 aromatic heterocycles. The number of aryl methyl sites for hydroxylation is 1. The molecule has 4 nitrogen and oxygen atoms in total. The van der Waals surface area contributed by atoms with E-state index in [0.29, 0.717) is 24.0 Å². The summed E-state index contributed by atoms with van der Waals surface area (Å²) < 4.78 is 14.1. The molecular weight excluding hydrogens is 231 g/mol. The summed E-state index contributed by atoms with van der Waals surface area (Å²) in [5.41, 5.74) is 0.506. The molecule has 1 fully saturated rings. The van der Waals surface area contributed by atoms with E-state index in [4.69, 9.17) is 0 Å². The van der Waals surface area contributed by atoms with E-state index in [9.17, 15) is 4.39 Å². The Morgan fingerprint density at radius 1 is 1.22 bits per heavy atom. The zero-order valence-corrected chi connectivity index (χ0v) is 11.4. The third-order valence-electron chi connectivity index (χ3n) is 3.52. The van der Waals surface area contributed by atoms with Gasteiger partial charge in [-0.05, 0) is 20.3 Å². The summed E-state index contributed by atoms with van der Waals surface area (Å²) in [6.07, 6.45) is 2.07. The van der Waals surface area contributed by atoms with Crippen LogP contribution >= 0.6 is 0 Å². The van der Waals surface area contributed by atoms with Crippen molar-refractivity contribution >= 4 is 5.82 Å². The van der Waals surface area contributed by atoms with E-state index in [2.05, 4.69) is 28.7 Å². The predicted octanol–water partition coefficient (Wildman–Crippen LogP) is 1.71. The SMILES string of the molecule is CCc1ncnc(N2CCN(C(C)C)CC2)c1F. The van der Waals surface area contributed by atoms with Crippen LogP contribution in [0.2, 0.25) is 0 Å². The number of rotatable bonds is 3. The largest absolute Gasteiger partial charge is 0.352 e. The molecule has 0 unspecified atom stereocenters. The molecule has 18 heavy (non-hydrogen) atoms. The van der Waals surface area contributed by atoms with Crippen molar-refractivity contribution in [1.29, 1.82) is 0 Å². The Morgan fingerprint density at radius 3 is 2.44 bits per heavy atom. The third kappa shape index (κ3) is 2.61. The number of nitrogens with zero attached hydrogens (tertiary/aromatic N) is 4. The first-order chi connectivity index (χ1) is 8.63. The Balaban J connectivity index is 2.10. The molecule has 0 saturated carbocycles.